The van der Waals surface area contributed by atoms with Crippen molar-refractivity contribution in [1.82, 2.24) is 0 Å². The summed E-state index contributed by atoms with van der Waals surface area (Å²) in [4.78, 5) is 54.9. The van der Waals surface area contributed by atoms with Gasteiger partial charge in [-0.3, -0.25) is 19.2 Å². The number of aliphatic hydroxyl groups is 3. The summed E-state index contributed by atoms with van der Waals surface area (Å²) in [6, 6.07) is 13.4. The lowest BCUT2D eigenvalue weighted by molar-refractivity contribution is -0.292. The van der Waals surface area contributed by atoms with Crippen molar-refractivity contribution in [3.05, 3.63) is 59.7 Å². The molecule has 2 aromatic carbocycles. The number of aromatic hydroxyl groups is 1. The quantitative estimate of drug-likeness (QED) is 0.286. The second-order valence-electron chi connectivity index (χ2n) is 13.3. The van der Waals surface area contributed by atoms with Gasteiger partial charge in [-0.1, -0.05) is 65.0 Å². The van der Waals surface area contributed by atoms with E-state index in [0.29, 0.717) is 11.3 Å². The van der Waals surface area contributed by atoms with Gasteiger partial charge in [0.2, 0.25) is 11.8 Å². The smallest absolute Gasteiger partial charge is 0.230 e. The first-order valence-corrected chi connectivity index (χ1v) is 14.7. The number of nitrogens with two attached hydrogens (primary N) is 1. The molecule has 0 aliphatic heterocycles. The lowest BCUT2D eigenvalue weighted by Crippen LogP contribution is -2.82. The number of phenols is 1. The van der Waals surface area contributed by atoms with Crippen LogP contribution in [0.25, 0.3) is 0 Å². The van der Waals surface area contributed by atoms with Crippen LogP contribution in [0.15, 0.2) is 48.5 Å². The van der Waals surface area contributed by atoms with Crippen molar-refractivity contribution in [2.75, 3.05) is 5.32 Å². The van der Waals surface area contributed by atoms with Crippen molar-refractivity contribution in [3.63, 3.8) is 0 Å². The van der Waals surface area contributed by atoms with Crippen LogP contribution in [-0.2, 0) is 14.4 Å². The van der Waals surface area contributed by atoms with Crippen LogP contribution in [0, 0.1) is 40.4 Å². The second-order valence-corrected chi connectivity index (χ2v) is 13.3. The minimum atomic E-state index is -2.75. The van der Waals surface area contributed by atoms with Crippen molar-refractivity contribution in [3.8, 4) is 5.75 Å². The van der Waals surface area contributed by atoms with E-state index in [-0.39, 0.29) is 17.7 Å². The summed E-state index contributed by atoms with van der Waals surface area (Å²) in [5, 5.41) is 50.0. The zero-order valence-electron chi connectivity index (χ0n) is 24.9. The number of fused-ring (bicyclic) bond motifs is 3. The van der Waals surface area contributed by atoms with Gasteiger partial charge in [-0.15, -0.1) is 0 Å². The molecule has 2 unspecified atom stereocenters. The monoisotopic (exact) mass is 592 g/mol. The number of amides is 2. The number of ketones is 2. The third kappa shape index (κ3) is 3.96. The van der Waals surface area contributed by atoms with Gasteiger partial charge in [0, 0.05) is 17.5 Å². The summed E-state index contributed by atoms with van der Waals surface area (Å²) in [6.45, 7) is 8.68. The number of phenolic OH excluding ortho intramolecular Hbond substituents is 1. The van der Waals surface area contributed by atoms with E-state index in [1.807, 2.05) is 6.92 Å². The number of para-hydroxylation sites is 1. The normalized spacial score (nSPS) is 38.6. The number of carbonyl (C=O) groups is 4. The molecular formula is C33H40N2O8. The highest BCUT2D eigenvalue weighted by molar-refractivity contribution is 6.09. The maximum absolute atomic E-state index is 14.3. The number of primary amides is 1. The second kappa shape index (κ2) is 10.2. The molecule has 0 saturated heterocycles. The molecule has 43 heavy (non-hydrogen) atoms. The molecule has 2 aromatic rings. The largest absolute Gasteiger partial charge is 0.507 e. The lowest BCUT2D eigenvalue weighted by Gasteiger charge is -2.71. The van der Waals surface area contributed by atoms with E-state index < -0.39 is 87.5 Å². The Labute approximate surface area is 250 Å². The van der Waals surface area contributed by atoms with E-state index in [1.54, 1.807) is 70.2 Å². The minimum Gasteiger partial charge on any atom is -0.507 e. The SMILES string of the molecule is CC(C)[C@H]1C(O)[C@@H](C(N)=O)C(=O)[C@]2(O)C(O)[C@H]3C(=O)c4c(O)cccc4[C@@H](C)[C@]3(C)[C@@H](CC(=O)Nc3ccccc3)[C@]12C. The number of anilines is 1. The molecule has 0 aromatic heterocycles. The molecule has 10 nitrogen and oxygen atoms in total. The van der Waals surface area contributed by atoms with Gasteiger partial charge in [-0.25, -0.2) is 0 Å². The molecular weight excluding hydrogens is 552 g/mol. The fraction of sp³-hybridized carbons (Fsp3) is 0.515. The van der Waals surface area contributed by atoms with Crippen LogP contribution in [0.1, 0.15) is 62.9 Å². The van der Waals surface area contributed by atoms with Crippen molar-refractivity contribution >= 4 is 29.1 Å². The summed E-state index contributed by atoms with van der Waals surface area (Å²) < 4.78 is 0. The Kier molecular flexibility index (Phi) is 7.35. The first-order chi connectivity index (χ1) is 20.1. The molecule has 2 saturated carbocycles. The average molecular weight is 593 g/mol. The third-order valence-electron chi connectivity index (χ3n) is 11.2. The van der Waals surface area contributed by atoms with E-state index in [9.17, 15) is 39.6 Å². The molecule has 0 bridgehead atoms. The van der Waals surface area contributed by atoms with Gasteiger partial charge >= 0.3 is 0 Å². The standard InChI is InChI=1S/C33H40N2O8/c1-15(2)24-27(39)23(30(34)42)28(40)33(43)29(41)25-26(38)22-18(12-9-13-19(22)36)16(3)31(25,4)20(32(24,33)5)14-21(37)35-17-10-7-6-8-11-17/h6-13,15-16,20,23-25,27,29,36,39,41,43H,14H2,1-5H3,(H2,34,42)(H,35,37)/t16-,20-,23-,24+,25-,27?,29?,31-,32-,33+/m1/s1. The van der Waals surface area contributed by atoms with Gasteiger partial charge in [-0.2, -0.15) is 0 Å². The Morgan fingerprint density at radius 2 is 1.65 bits per heavy atom. The van der Waals surface area contributed by atoms with Gasteiger partial charge < -0.3 is 31.5 Å². The fourth-order valence-corrected chi connectivity index (χ4v) is 9.29. The molecule has 0 heterocycles. The highest BCUT2D eigenvalue weighted by Gasteiger charge is 2.80. The molecule has 2 amide bonds. The Balaban J connectivity index is 1.80. The Morgan fingerprint density at radius 3 is 2.23 bits per heavy atom. The van der Waals surface area contributed by atoms with Crippen LogP contribution in [0.5, 0.6) is 5.75 Å². The summed E-state index contributed by atoms with van der Waals surface area (Å²) in [7, 11) is 0. The lowest BCUT2D eigenvalue weighted by atomic mass is 9.33. The number of hydrogen-bond donors (Lipinski definition) is 6. The predicted molar refractivity (Wildman–Crippen MR) is 157 cm³/mol. The van der Waals surface area contributed by atoms with Gasteiger partial charge in [-0.05, 0) is 52.8 Å². The van der Waals surface area contributed by atoms with Crippen molar-refractivity contribution in [2.24, 2.45) is 46.2 Å². The number of Topliss-reactive ketones (excluding diaryl/α,β-unsaturated/α-hetero) is 2. The summed E-state index contributed by atoms with van der Waals surface area (Å²) >= 11 is 0. The maximum atomic E-state index is 14.3. The van der Waals surface area contributed by atoms with Crippen LogP contribution in [0.2, 0.25) is 0 Å². The molecule has 10 heteroatoms. The number of nitrogens with one attached hydrogen (secondary N) is 1. The van der Waals surface area contributed by atoms with Gasteiger partial charge in [0.05, 0.1) is 17.6 Å². The van der Waals surface area contributed by atoms with Crippen molar-refractivity contribution in [2.45, 2.75) is 64.8 Å². The Hall–Kier alpha value is -3.60. The molecule has 0 radical (unpaired) electrons. The molecule has 3 aliphatic carbocycles. The number of carbonyl (C=O) groups excluding carboxylic acids is 4. The van der Waals surface area contributed by atoms with Crippen LogP contribution >= 0.6 is 0 Å². The van der Waals surface area contributed by atoms with Gasteiger partial charge in [0.25, 0.3) is 0 Å². The number of rotatable bonds is 5. The predicted octanol–water partition coefficient (Wildman–Crippen LogP) is 2.39. The molecule has 3 aliphatic rings. The molecule has 0 spiro atoms. The molecule has 7 N–H and O–H groups in total. The zero-order valence-corrected chi connectivity index (χ0v) is 24.9. The topological polar surface area (TPSA) is 187 Å². The highest BCUT2D eigenvalue weighted by atomic mass is 16.4. The highest BCUT2D eigenvalue weighted by Crippen LogP contribution is 2.71. The zero-order chi connectivity index (χ0) is 31.8. The third-order valence-corrected chi connectivity index (χ3v) is 11.2. The van der Waals surface area contributed by atoms with Crippen LogP contribution in [0.4, 0.5) is 5.69 Å². The molecule has 5 rings (SSSR count). The van der Waals surface area contributed by atoms with Crippen molar-refractivity contribution < 1.29 is 39.6 Å². The van der Waals surface area contributed by atoms with E-state index in [1.165, 1.54) is 6.07 Å². The maximum Gasteiger partial charge on any atom is 0.230 e. The van der Waals surface area contributed by atoms with Crippen LogP contribution in [-0.4, -0.2) is 61.6 Å². The molecule has 10 atom stereocenters. The van der Waals surface area contributed by atoms with Gasteiger partial charge in [0.15, 0.2) is 17.2 Å². The van der Waals surface area contributed by atoms with E-state index in [2.05, 4.69) is 5.32 Å². The fourth-order valence-electron chi connectivity index (χ4n) is 9.29. The van der Waals surface area contributed by atoms with E-state index in [0.717, 1.165) is 0 Å². The number of hydrogen-bond acceptors (Lipinski definition) is 8. The Morgan fingerprint density at radius 1 is 1.02 bits per heavy atom. The van der Waals surface area contributed by atoms with E-state index >= 15 is 0 Å². The average Bonchev–Trinajstić information content (AvgIpc) is 2.92. The van der Waals surface area contributed by atoms with Crippen molar-refractivity contribution in [1.29, 1.82) is 0 Å². The number of aliphatic hydroxyl groups excluding tert-OH is 2. The summed E-state index contributed by atoms with van der Waals surface area (Å²) in [5.41, 5.74) is 0.868. The summed E-state index contributed by atoms with van der Waals surface area (Å²) in [5.74, 6) is -10.1. The van der Waals surface area contributed by atoms with Crippen LogP contribution < -0.4 is 11.1 Å². The Bertz CT molecular complexity index is 1490. The summed E-state index contributed by atoms with van der Waals surface area (Å²) in [6.07, 6.45) is -3.95. The molecule has 230 valence electrons. The van der Waals surface area contributed by atoms with E-state index in [4.69, 9.17) is 5.73 Å². The first kappa shape index (κ1) is 30.8. The first-order valence-electron chi connectivity index (χ1n) is 14.7. The number of benzene rings is 2. The molecule has 2 fully saturated rings. The minimum absolute atomic E-state index is 0.0219. The van der Waals surface area contributed by atoms with Gasteiger partial charge in [0.1, 0.15) is 17.8 Å². The van der Waals surface area contributed by atoms with Crippen LogP contribution in [0.3, 0.4) is 0 Å².